The van der Waals surface area contributed by atoms with Crippen molar-refractivity contribution in [3.63, 3.8) is 0 Å². The van der Waals surface area contributed by atoms with Crippen LogP contribution in [-0.2, 0) is 6.54 Å². The predicted molar refractivity (Wildman–Crippen MR) is 110 cm³/mol. The number of thioether (sulfide) groups is 1. The molecule has 0 aliphatic carbocycles. The second-order valence-electron chi connectivity index (χ2n) is 7.07. The largest absolute Gasteiger partial charge is 0.351 e. The molecule has 2 aromatic carbocycles. The van der Waals surface area contributed by atoms with Gasteiger partial charge < -0.3 is 5.32 Å². The number of likely N-dealkylation sites (tertiary alicyclic amines) is 1. The Morgan fingerprint density at radius 2 is 1.77 bits per heavy atom. The van der Waals surface area contributed by atoms with Crippen molar-refractivity contribution in [1.82, 2.24) is 10.2 Å². The minimum atomic E-state index is 0.0111. The van der Waals surface area contributed by atoms with E-state index in [1.807, 2.05) is 30.3 Å². The zero-order valence-electron chi connectivity index (χ0n) is 15.5. The summed E-state index contributed by atoms with van der Waals surface area (Å²) in [5.41, 5.74) is 2.03. The van der Waals surface area contributed by atoms with Crippen LogP contribution in [0, 0.1) is 5.92 Å². The number of carbonyl (C=O) groups is 1. The molecule has 0 saturated carbocycles. The van der Waals surface area contributed by atoms with Crippen LogP contribution in [-0.4, -0.2) is 36.2 Å². The first-order valence-electron chi connectivity index (χ1n) is 9.48. The summed E-state index contributed by atoms with van der Waals surface area (Å²) in [5, 5.41) is 3.00. The van der Waals surface area contributed by atoms with E-state index in [0.29, 0.717) is 6.54 Å². The van der Waals surface area contributed by atoms with Gasteiger partial charge in [0.2, 0.25) is 0 Å². The molecule has 0 atom stereocenters. The van der Waals surface area contributed by atoms with Gasteiger partial charge in [-0.1, -0.05) is 37.3 Å². The number of rotatable bonds is 7. The molecule has 0 aromatic heterocycles. The van der Waals surface area contributed by atoms with Crippen molar-refractivity contribution < 1.29 is 4.79 Å². The molecule has 1 fully saturated rings. The lowest BCUT2D eigenvalue weighted by molar-refractivity contribution is 0.0956. The van der Waals surface area contributed by atoms with Crippen LogP contribution in [0.3, 0.4) is 0 Å². The molecular weight excluding hydrogens is 340 g/mol. The number of carbonyl (C=O) groups excluding carboxylic acids is 1. The Balaban J connectivity index is 1.40. The van der Waals surface area contributed by atoms with E-state index in [9.17, 15) is 4.79 Å². The molecule has 1 aliphatic rings. The second kappa shape index (κ2) is 9.79. The molecule has 2 aromatic rings. The molecule has 3 nitrogen and oxygen atoms in total. The van der Waals surface area contributed by atoms with Crippen molar-refractivity contribution in [1.29, 1.82) is 0 Å². The zero-order chi connectivity index (χ0) is 18.2. The highest BCUT2D eigenvalue weighted by atomic mass is 32.2. The number of hydrogen-bond acceptors (Lipinski definition) is 3. The van der Waals surface area contributed by atoms with Crippen LogP contribution in [0.1, 0.15) is 35.7 Å². The van der Waals surface area contributed by atoms with E-state index in [-0.39, 0.29) is 5.91 Å². The Kier molecular flexibility index (Phi) is 7.15. The Bertz CT molecular complexity index is 679. The van der Waals surface area contributed by atoms with Gasteiger partial charge in [0.05, 0.1) is 0 Å². The van der Waals surface area contributed by atoms with Crippen molar-refractivity contribution >= 4 is 17.7 Å². The van der Waals surface area contributed by atoms with Crippen LogP contribution in [0.15, 0.2) is 59.5 Å². The third-order valence-corrected chi connectivity index (χ3v) is 5.91. The van der Waals surface area contributed by atoms with Gasteiger partial charge in [0.25, 0.3) is 5.91 Å². The smallest absolute Gasteiger partial charge is 0.251 e. The van der Waals surface area contributed by atoms with Crippen LogP contribution in [0.25, 0.3) is 0 Å². The topological polar surface area (TPSA) is 32.3 Å². The van der Waals surface area contributed by atoms with Gasteiger partial charge in [-0.15, -0.1) is 11.8 Å². The van der Waals surface area contributed by atoms with E-state index in [2.05, 4.69) is 41.4 Å². The van der Waals surface area contributed by atoms with Crippen LogP contribution >= 0.6 is 11.8 Å². The lowest BCUT2D eigenvalue weighted by Crippen LogP contribution is -2.32. The van der Waals surface area contributed by atoms with Gasteiger partial charge in [-0.2, -0.15) is 0 Å². The van der Waals surface area contributed by atoms with Crippen molar-refractivity contribution in [3.8, 4) is 0 Å². The fourth-order valence-electron chi connectivity index (χ4n) is 3.19. The van der Waals surface area contributed by atoms with Crippen LogP contribution in [0.5, 0.6) is 0 Å². The molecule has 0 bridgehead atoms. The Labute approximate surface area is 161 Å². The molecule has 0 unspecified atom stereocenters. The molecular formula is C22H28N2OS. The fourth-order valence-corrected chi connectivity index (χ4v) is 3.98. The number of amides is 1. The molecule has 0 radical (unpaired) electrons. The summed E-state index contributed by atoms with van der Waals surface area (Å²) in [6.45, 7) is 6.36. The van der Waals surface area contributed by atoms with Crippen molar-refractivity contribution in [3.05, 3.63) is 65.7 Å². The van der Waals surface area contributed by atoms with E-state index in [1.54, 1.807) is 11.8 Å². The number of nitrogens with one attached hydrogen (secondary N) is 1. The predicted octanol–water partition coefficient (Wildman–Crippen LogP) is 4.44. The summed E-state index contributed by atoms with van der Waals surface area (Å²) in [7, 11) is 0. The molecule has 3 rings (SSSR count). The highest BCUT2D eigenvalue weighted by molar-refractivity contribution is 7.99. The number of benzene rings is 2. The summed E-state index contributed by atoms with van der Waals surface area (Å²) >= 11 is 1.76. The number of piperidine rings is 1. The van der Waals surface area contributed by atoms with Crippen LogP contribution < -0.4 is 5.32 Å². The highest BCUT2D eigenvalue weighted by Gasteiger charge is 2.15. The molecule has 0 spiro atoms. The first-order valence-corrected chi connectivity index (χ1v) is 10.5. The van der Waals surface area contributed by atoms with E-state index >= 15 is 0 Å². The monoisotopic (exact) mass is 368 g/mol. The van der Waals surface area contributed by atoms with Crippen molar-refractivity contribution in [2.24, 2.45) is 5.92 Å². The maximum absolute atomic E-state index is 12.3. The molecule has 4 heteroatoms. The van der Waals surface area contributed by atoms with Gasteiger partial charge in [-0.3, -0.25) is 9.69 Å². The number of nitrogens with zero attached hydrogens (tertiary/aromatic N) is 1. The summed E-state index contributed by atoms with van der Waals surface area (Å²) in [6.07, 6.45) is 2.59. The van der Waals surface area contributed by atoms with Crippen LogP contribution in [0.2, 0.25) is 0 Å². The van der Waals surface area contributed by atoms with E-state index < -0.39 is 0 Å². The molecule has 1 saturated heterocycles. The second-order valence-corrected chi connectivity index (χ2v) is 8.24. The fraction of sp³-hybridized carbons (Fsp3) is 0.409. The average Bonchev–Trinajstić information content (AvgIpc) is 2.68. The standard InChI is InChI=1S/C22H28N2OS/c1-18-11-14-24(15-12-18)17-19-7-9-20(10-8-19)22(25)23-13-16-26-21-5-3-2-4-6-21/h2-10,18H,11-17H2,1H3,(H,23,25). The first kappa shape index (κ1) is 19.0. The highest BCUT2D eigenvalue weighted by Crippen LogP contribution is 2.18. The third kappa shape index (κ3) is 5.89. The lowest BCUT2D eigenvalue weighted by atomic mass is 9.99. The SMILES string of the molecule is CC1CCN(Cc2ccc(C(=O)NCCSc3ccccc3)cc2)CC1. The average molecular weight is 369 g/mol. The molecule has 26 heavy (non-hydrogen) atoms. The Morgan fingerprint density at radius 1 is 1.08 bits per heavy atom. The Hall–Kier alpha value is -1.78. The maximum atomic E-state index is 12.3. The molecule has 1 amide bonds. The van der Waals surface area contributed by atoms with E-state index in [0.717, 1.165) is 23.8 Å². The number of hydrogen-bond donors (Lipinski definition) is 1. The first-order chi connectivity index (χ1) is 12.7. The van der Waals surface area contributed by atoms with Gasteiger partial charge in [-0.05, 0) is 61.7 Å². The normalized spacial score (nSPS) is 15.7. The lowest BCUT2D eigenvalue weighted by Gasteiger charge is -2.30. The zero-order valence-corrected chi connectivity index (χ0v) is 16.3. The quantitative estimate of drug-likeness (QED) is 0.579. The summed E-state index contributed by atoms with van der Waals surface area (Å²) < 4.78 is 0. The summed E-state index contributed by atoms with van der Waals surface area (Å²) in [4.78, 5) is 16.0. The molecule has 1 N–H and O–H groups in total. The van der Waals surface area contributed by atoms with Crippen LogP contribution in [0.4, 0.5) is 0 Å². The van der Waals surface area contributed by atoms with Gasteiger partial charge in [0.1, 0.15) is 0 Å². The minimum absolute atomic E-state index is 0.0111. The molecule has 1 heterocycles. The van der Waals surface area contributed by atoms with Crippen molar-refractivity contribution in [2.75, 3.05) is 25.4 Å². The molecule has 138 valence electrons. The summed E-state index contributed by atoms with van der Waals surface area (Å²) in [5.74, 6) is 1.75. The summed E-state index contributed by atoms with van der Waals surface area (Å²) in [6, 6.07) is 18.3. The van der Waals surface area contributed by atoms with E-state index in [4.69, 9.17) is 0 Å². The maximum Gasteiger partial charge on any atom is 0.251 e. The van der Waals surface area contributed by atoms with Gasteiger partial charge in [0, 0.05) is 29.3 Å². The van der Waals surface area contributed by atoms with E-state index in [1.165, 1.54) is 36.4 Å². The third-order valence-electron chi connectivity index (χ3n) is 4.90. The van der Waals surface area contributed by atoms with Gasteiger partial charge in [-0.25, -0.2) is 0 Å². The minimum Gasteiger partial charge on any atom is -0.351 e. The van der Waals surface area contributed by atoms with Gasteiger partial charge >= 0.3 is 0 Å². The van der Waals surface area contributed by atoms with Gasteiger partial charge in [0.15, 0.2) is 0 Å². The molecule has 1 aliphatic heterocycles. The Morgan fingerprint density at radius 3 is 2.46 bits per heavy atom. The van der Waals surface area contributed by atoms with Crippen molar-refractivity contribution in [2.45, 2.75) is 31.2 Å².